The minimum atomic E-state index is -0.627. The van der Waals surface area contributed by atoms with Crippen molar-refractivity contribution in [3.8, 4) is 0 Å². The number of allylic oxidation sites excluding steroid dienone is 1. The van der Waals surface area contributed by atoms with E-state index in [0.29, 0.717) is 10.6 Å². The molecule has 0 amide bonds. The fourth-order valence-electron chi connectivity index (χ4n) is 2.18. The lowest BCUT2D eigenvalue weighted by Crippen LogP contribution is -2.08. The van der Waals surface area contributed by atoms with Gasteiger partial charge in [0.2, 0.25) is 5.78 Å². The highest BCUT2D eigenvalue weighted by atomic mass is 35.5. The van der Waals surface area contributed by atoms with E-state index in [2.05, 4.69) is 4.98 Å². The molecule has 0 fully saturated rings. The van der Waals surface area contributed by atoms with Gasteiger partial charge in [0.05, 0.1) is 12.0 Å². The van der Waals surface area contributed by atoms with Crippen molar-refractivity contribution in [2.24, 2.45) is 0 Å². The predicted molar refractivity (Wildman–Crippen MR) is 88.5 cm³/mol. The van der Waals surface area contributed by atoms with E-state index < -0.39 is 11.6 Å². The SMILES string of the molecule is O=C(C(=Cc1cc(F)ccc1F)n1ccnc1)c1ccc(Cl)cc1. The highest BCUT2D eigenvalue weighted by Gasteiger charge is 2.15. The summed E-state index contributed by atoms with van der Waals surface area (Å²) in [6, 6.07) is 9.37. The number of Topliss-reactive ketones (excluding diaryl/α,β-unsaturated/α-hetero) is 1. The summed E-state index contributed by atoms with van der Waals surface area (Å²) in [4.78, 5) is 16.7. The number of hydrogen-bond donors (Lipinski definition) is 0. The molecule has 3 nitrogen and oxygen atoms in total. The Morgan fingerprint density at radius 3 is 2.54 bits per heavy atom. The summed E-state index contributed by atoms with van der Waals surface area (Å²) >= 11 is 5.83. The van der Waals surface area contributed by atoms with E-state index in [1.807, 2.05) is 0 Å². The number of aromatic nitrogens is 2. The van der Waals surface area contributed by atoms with Crippen molar-refractivity contribution in [1.82, 2.24) is 9.55 Å². The van der Waals surface area contributed by atoms with Crippen LogP contribution in [0.15, 0.2) is 61.2 Å². The Morgan fingerprint density at radius 2 is 1.88 bits per heavy atom. The summed E-state index contributed by atoms with van der Waals surface area (Å²) in [5, 5.41) is 0.496. The number of carbonyl (C=O) groups excluding carboxylic acids is 1. The molecule has 0 N–H and O–H groups in total. The average molecular weight is 345 g/mol. The zero-order valence-corrected chi connectivity index (χ0v) is 13.0. The van der Waals surface area contributed by atoms with Crippen molar-refractivity contribution in [3.05, 3.63) is 89.0 Å². The molecule has 0 atom stereocenters. The lowest BCUT2D eigenvalue weighted by atomic mass is 10.1. The van der Waals surface area contributed by atoms with Gasteiger partial charge >= 0.3 is 0 Å². The van der Waals surface area contributed by atoms with Gasteiger partial charge in [0.15, 0.2) is 0 Å². The second-order valence-electron chi connectivity index (χ2n) is 5.00. The molecule has 0 aliphatic heterocycles. The van der Waals surface area contributed by atoms with Crippen molar-refractivity contribution in [2.75, 3.05) is 0 Å². The van der Waals surface area contributed by atoms with Crippen LogP contribution in [-0.2, 0) is 0 Å². The number of halogens is 3. The van der Waals surface area contributed by atoms with Crippen LogP contribution in [0.4, 0.5) is 8.78 Å². The van der Waals surface area contributed by atoms with Crippen LogP contribution < -0.4 is 0 Å². The molecule has 1 heterocycles. The van der Waals surface area contributed by atoms with Crippen molar-refractivity contribution in [3.63, 3.8) is 0 Å². The third-order valence-corrected chi connectivity index (χ3v) is 3.62. The summed E-state index contributed by atoms with van der Waals surface area (Å²) < 4.78 is 28.8. The molecule has 0 radical (unpaired) electrons. The highest BCUT2D eigenvalue weighted by molar-refractivity contribution is 6.31. The summed E-state index contributed by atoms with van der Waals surface area (Å²) in [5.41, 5.74) is 0.483. The topological polar surface area (TPSA) is 34.9 Å². The molecule has 0 spiro atoms. The summed E-state index contributed by atoms with van der Waals surface area (Å²) in [6.07, 6.45) is 5.75. The van der Waals surface area contributed by atoms with Gasteiger partial charge in [0, 0.05) is 28.5 Å². The largest absolute Gasteiger partial charge is 0.303 e. The normalized spacial score (nSPS) is 11.5. The first-order valence-corrected chi connectivity index (χ1v) is 7.38. The maximum Gasteiger partial charge on any atom is 0.209 e. The zero-order chi connectivity index (χ0) is 17.1. The molecule has 1 aromatic heterocycles. The van der Waals surface area contributed by atoms with Crippen LogP contribution in [0.25, 0.3) is 11.8 Å². The fraction of sp³-hybridized carbons (Fsp3) is 0. The van der Waals surface area contributed by atoms with Gasteiger partial charge in [-0.15, -0.1) is 0 Å². The number of ketones is 1. The highest BCUT2D eigenvalue weighted by Crippen LogP contribution is 2.21. The molecule has 3 aromatic rings. The lowest BCUT2D eigenvalue weighted by molar-refractivity contribution is 0.105. The lowest BCUT2D eigenvalue weighted by Gasteiger charge is -2.09. The number of carbonyl (C=O) groups is 1. The number of rotatable bonds is 4. The molecular weight excluding hydrogens is 334 g/mol. The first-order chi connectivity index (χ1) is 11.5. The van der Waals surface area contributed by atoms with Crippen molar-refractivity contribution >= 4 is 29.2 Å². The van der Waals surface area contributed by atoms with Crippen molar-refractivity contribution in [2.45, 2.75) is 0 Å². The van der Waals surface area contributed by atoms with Crippen LogP contribution >= 0.6 is 11.6 Å². The maximum atomic E-state index is 13.9. The van der Waals surface area contributed by atoms with Gasteiger partial charge in [0.25, 0.3) is 0 Å². The molecule has 0 aliphatic rings. The Labute approximate surface area is 141 Å². The van der Waals surface area contributed by atoms with Crippen molar-refractivity contribution in [1.29, 1.82) is 0 Å². The third-order valence-electron chi connectivity index (χ3n) is 3.37. The standard InChI is InChI=1S/C18H11ClF2N2O/c19-14-3-1-12(2-4-14)18(24)17(23-8-7-22-11-23)10-13-9-15(20)5-6-16(13)21/h1-11H. The van der Waals surface area contributed by atoms with E-state index in [1.165, 1.54) is 23.2 Å². The molecule has 2 aromatic carbocycles. The molecule has 0 aliphatic carbocycles. The molecule has 120 valence electrons. The fourth-order valence-corrected chi connectivity index (χ4v) is 2.31. The van der Waals surface area contributed by atoms with E-state index in [4.69, 9.17) is 11.6 Å². The number of nitrogens with zero attached hydrogens (tertiary/aromatic N) is 2. The smallest absolute Gasteiger partial charge is 0.209 e. The second kappa shape index (κ2) is 6.76. The second-order valence-corrected chi connectivity index (χ2v) is 5.44. The monoisotopic (exact) mass is 344 g/mol. The molecule has 24 heavy (non-hydrogen) atoms. The van der Waals surface area contributed by atoms with Gasteiger partial charge in [0.1, 0.15) is 11.6 Å². The Kier molecular flexibility index (Phi) is 4.53. The maximum absolute atomic E-state index is 13.9. The average Bonchev–Trinajstić information content (AvgIpc) is 3.10. The van der Waals surface area contributed by atoms with E-state index >= 15 is 0 Å². The minimum Gasteiger partial charge on any atom is -0.303 e. The number of hydrogen-bond acceptors (Lipinski definition) is 2. The molecule has 6 heteroatoms. The molecule has 0 unspecified atom stereocenters. The van der Waals surface area contributed by atoms with Crippen LogP contribution in [0.1, 0.15) is 15.9 Å². The van der Waals surface area contributed by atoms with Gasteiger partial charge in [-0.25, -0.2) is 13.8 Å². The quantitative estimate of drug-likeness (QED) is 0.508. The summed E-state index contributed by atoms with van der Waals surface area (Å²) in [6.45, 7) is 0. The van der Waals surface area contributed by atoms with E-state index in [9.17, 15) is 13.6 Å². The van der Waals surface area contributed by atoms with Crippen LogP contribution in [0.5, 0.6) is 0 Å². The van der Waals surface area contributed by atoms with Crippen molar-refractivity contribution < 1.29 is 13.6 Å². The van der Waals surface area contributed by atoms with Crippen LogP contribution in [0, 0.1) is 11.6 Å². The summed E-state index contributed by atoms with van der Waals surface area (Å²) in [7, 11) is 0. The van der Waals surface area contributed by atoms with E-state index in [1.54, 1.807) is 30.5 Å². The molecule has 3 rings (SSSR count). The van der Waals surface area contributed by atoms with E-state index in [-0.39, 0.29) is 17.0 Å². The number of imidazole rings is 1. The molecular formula is C18H11ClF2N2O. The molecule has 0 saturated carbocycles. The van der Waals surface area contributed by atoms with Gasteiger partial charge in [-0.1, -0.05) is 11.6 Å². The first kappa shape index (κ1) is 16.1. The first-order valence-electron chi connectivity index (χ1n) is 7.00. The van der Waals surface area contributed by atoms with Gasteiger partial charge in [-0.05, 0) is 48.5 Å². The van der Waals surface area contributed by atoms with Crippen LogP contribution in [0.3, 0.4) is 0 Å². The van der Waals surface area contributed by atoms with Gasteiger partial charge in [-0.3, -0.25) is 4.79 Å². The zero-order valence-electron chi connectivity index (χ0n) is 12.3. The summed E-state index contributed by atoms with van der Waals surface area (Å²) in [5.74, 6) is -1.59. The third kappa shape index (κ3) is 3.41. The minimum absolute atomic E-state index is 0.0268. The Morgan fingerprint density at radius 1 is 1.12 bits per heavy atom. The molecule has 0 saturated heterocycles. The number of benzene rings is 2. The van der Waals surface area contributed by atoms with Crippen LogP contribution in [0.2, 0.25) is 5.02 Å². The Hall–Kier alpha value is -2.79. The molecule has 0 bridgehead atoms. The van der Waals surface area contributed by atoms with Crippen LogP contribution in [-0.4, -0.2) is 15.3 Å². The predicted octanol–water partition coefficient (Wildman–Crippen LogP) is 4.70. The van der Waals surface area contributed by atoms with Gasteiger partial charge in [-0.2, -0.15) is 0 Å². The Balaban J connectivity index is 2.10. The van der Waals surface area contributed by atoms with E-state index in [0.717, 1.165) is 18.2 Å². The Bertz CT molecular complexity index is 903. The van der Waals surface area contributed by atoms with Gasteiger partial charge < -0.3 is 4.57 Å².